The number of nitrogens with zero attached hydrogens (tertiary/aromatic N) is 2. The van der Waals surface area contributed by atoms with E-state index in [1.807, 2.05) is 18.2 Å². The van der Waals surface area contributed by atoms with Gasteiger partial charge in [-0.2, -0.15) is 5.26 Å². The van der Waals surface area contributed by atoms with Gasteiger partial charge in [-0.3, -0.25) is 14.5 Å². The molecule has 35 heavy (non-hydrogen) atoms. The van der Waals surface area contributed by atoms with Gasteiger partial charge in [-0.25, -0.2) is 4.79 Å². The van der Waals surface area contributed by atoms with Gasteiger partial charge in [0.1, 0.15) is 18.1 Å². The molecule has 0 bridgehead atoms. The smallest absolute Gasteiger partial charge is 0.373 e. The maximum Gasteiger partial charge on any atom is 0.373 e. The van der Waals surface area contributed by atoms with Crippen LogP contribution in [0.25, 0.3) is 6.08 Å². The van der Waals surface area contributed by atoms with Crippen LogP contribution in [-0.2, 0) is 22.7 Å². The fourth-order valence-electron chi connectivity index (χ4n) is 3.25. The number of benzene rings is 2. The van der Waals surface area contributed by atoms with E-state index in [1.165, 1.54) is 19.2 Å². The molecule has 0 atom stereocenters. The molecule has 2 amide bonds. The molecule has 0 unspecified atom stereocenters. The Morgan fingerprint density at radius 2 is 2.00 bits per heavy atom. The third kappa shape index (κ3) is 5.58. The normalized spacial score (nSPS) is 14.3. The molecule has 0 saturated carbocycles. The summed E-state index contributed by atoms with van der Waals surface area (Å²) in [6, 6.07) is 17.8. The number of halogens is 1. The van der Waals surface area contributed by atoms with Crippen molar-refractivity contribution in [2.75, 3.05) is 7.11 Å². The van der Waals surface area contributed by atoms with Crippen LogP contribution in [-0.4, -0.2) is 29.1 Å². The zero-order valence-electron chi connectivity index (χ0n) is 18.3. The van der Waals surface area contributed by atoms with Crippen LogP contribution in [0.1, 0.15) is 33.0 Å². The van der Waals surface area contributed by atoms with Gasteiger partial charge in [-0.15, -0.1) is 0 Å². The number of thioether (sulfide) groups is 1. The maximum absolute atomic E-state index is 12.8. The van der Waals surface area contributed by atoms with Crippen molar-refractivity contribution in [3.8, 4) is 11.8 Å². The van der Waals surface area contributed by atoms with Gasteiger partial charge in [0.25, 0.3) is 11.1 Å². The topological polar surface area (TPSA) is 110 Å². The van der Waals surface area contributed by atoms with Gasteiger partial charge in [-0.1, -0.05) is 24.3 Å². The quantitative estimate of drug-likeness (QED) is 0.203. The summed E-state index contributed by atoms with van der Waals surface area (Å²) in [5.41, 5.74) is 2.08. The van der Waals surface area contributed by atoms with Crippen molar-refractivity contribution in [2.45, 2.75) is 13.2 Å². The minimum atomic E-state index is -0.637. The van der Waals surface area contributed by atoms with E-state index in [1.54, 1.807) is 30.3 Å². The van der Waals surface area contributed by atoms with Gasteiger partial charge in [-0.05, 0) is 76.3 Å². The van der Waals surface area contributed by atoms with E-state index in [2.05, 4.69) is 33.4 Å². The largest absolute Gasteiger partial charge is 0.488 e. The lowest BCUT2D eigenvalue weighted by Crippen LogP contribution is -2.27. The average Bonchev–Trinajstić information content (AvgIpc) is 3.43. The SMILES string of the molecule is COC(=O)c1ccc(CN2C(=O)S/C(=C/c3ccc(OCc4ccccc4C#N)c(I)c3)C2=O)o1. The molecule has 8 nitrogen and oxygen atoms in total. The lowest BCUT2D eigenvalue weighted by atomic mass is 10.1. The highest BCUT2D eigenvalue weighted by Gasteiger charge is 2.35. The molecule has 1 aliphatic rings. The number of ether oxygens (including phenoxy) is 2. The van der Waals surface area contributed by atoms with Crippen molar-refractivity contribution in [2.24, 2.45) is 0 Å². The highest BCUT2D eigenvalue weighted by Crippen LogP contribution is 2.34. The van der Waals surface area contributed by atoms with Gasteiger partial charge in [0, 0.05) is 5.56 Å². The number of esters is 1. The van der Waals surface area contributed by atoms with Crippen molar-refractivity contribution in [1.29, 1.82) is 5.26 Å². The fourth-order valence-corrected chi connectivity index (χ4v) is 4.78. The van der Waals surface area contributed by atoms with Crippen LogP contribution in [0.2, 0.25) is 0 Å². The van der Waals surface area contributed by atoms with Gasteiger partial charge in [0.2, 0.25) is 5.76 Å². The zero-order valence-corrected chi connectivity index (χ0v) is 21.3. The standard InChI is InChI=1S/C25H17IN2O6S/c1-32-24(30)21-9-7-18(34-21)13-28-23(29)22(35-25(28)31)11-15-6-8-20(19(26)10-15)33-14-17-5-3-2-4-16(17)12-27/h2-11H,13-14H2,1H3/b22-11+. The molecule has 0 aliphatic carbocycles. The van der Waals surface area contributed by atoms with E-state index in [9.17, 15) is 19.6 Å². The predicted molar refractivity (Wildman–Crippen MR) is 136 cm³/mol. The Balaban J connectivity index is 1.44. The molecule has 0 spiro atoms. The van der Waals surface area contributed by atoms with E-state index in [0.717, 1.165) is 31.4 Å². The average molecular weight is 600 g/mol. The Morgan fingerprint density at radius 1 is 1.20 bits per heavy atom. The second kappa shape index (κ2) is 10.8. The molecule has 4 rings (SSSR count). The summed E-state index contributed by atoms with van der Waals surface area (Å²) in [5, 5.41) is 8.80. The molecule has 0 N–H and O–H groups in total. The number of carbonyl (C=O) groups is 3. The summed E-state index contributed by atoms with van der Waals surface area (Å²) in [7, 11) is 1.24. The number of carbonyl (C=O) groups excluding carboxylic acids is 3. The number of methoxy groups -OCH3 is 1. The van der Waals surface area contributed by atoms with Crippen molar-refractivity contribution in [3.05, 3.63) is 91.3 Å². The van der Waals surface area contributed by atoms with Gasteiger partial charge in [0.15, 0.2) is 0 Å². The lowest BCUT2D eigenvalue weighted by Gasteiger charge is -2.10. The molecular formula is C25H17IN2O6S. The Hall–Kier alpha value is -3.56. The van der Waals surface area contributed by atoms with Crippen LogP contribution in [0.4, 0.5) is 4.79 Å². The van der Waals surface area contributed by atoms with Crippen LogP contribution in [0, 0.1) is 14.9 Å². The monoisotopic (exact) mass is 600 g/mol. The van der Waals surface area contributed by atoms with Crippen molar-refractivity contribution in [1.82, 2.24) is 4.90 Å². The lowest BCUT2D eigenvalue weighted by molar-refractivity contribution is -0.123. The number of nitriles is 1. The summed E-state index contributed by atoms with van der Waals surface area (Å²) in [4.78, 5) is 38.1. The van der Waals surface area contributed by atoms with Crippen LogP contribution < -0.4 is 4.74 Å². The molecule has 1 aliphatic heterocycles. The Kier molecular flexibility index (Phi) is 7.57. The summed E-state index contributed by atoms with van der Waals surface area (Å²) in [6.07, 6.45) is 1.64. The third-order valence-electron chi connectivity index (χ3n) is 5.01. The number of imide groups is 1. The van der Waals surface area contributed by atoms with E-state index in [-0.39, 0.29) is 23.8 Å². The second-order valence-corrected chi connectivity index (χ2v) is 9.43. The molecule has 176 valence electrons. The van der Waals surface area contributed by atoms with Gasteiger partial charge in [0.05, 0.1) is 33.8 Å². The molecule has 2 heterocycles. The first-order valence-electron chi connectivity index (χ1n) is 10.2. The second-order valence-electron chi connectivity index (χ2n) is 7.27. The number of rotatable bonds is 7. The predicted octanol–water partition coefficient (Wildman–Crippen LogP) is 5.36. The van der Waals surface area contributed by atoms with Gasteiger partial charge < -0.3 is 13.9 Å². The summed E-state index contributed by atoms with van der Waals surface area (Å²) in [5.74, 6) is -0.148. The van der Waals surface area contributed by atoms with Crippen molar-refractivity contribution < 1.29 is 28.3 Å². The first kappa shape index (κ1) is 24.6. The first-order chi connectivity index (χ1) is 16.9. The van der Waals surface area contributed by atoms with E-state index in [4.69, 9.17) is 9.15 Å². The number of hydrogen-bond donors (Lipinski definition) is 0. The van der Waals surface area contributed by atoms with Crippen molar-refractivity contribution >= 4 is 57.5 Å². The Bertz CT molecular complexity index is 1390. The molecule has 0 radical (unpaired) electrons. The van der Waals surface area contributed by atoms with E-state index in [0.29, 0.717) is 17.1 Å². The third-order valence-corrected chi connectivity index (χ3v) is 6.76. The molecular weight excluding hydrogens is 583 g/mol. The van der Waals surface area contributed by atoms with E-state index >= 15 is 0 Å². The van der Waals surface area contributed by atoms with Crippen LogP contribution in [0.5, 0.6) is 5.75 Å². The van der Waals surface area contributed by atoms with Crippen LogP contribution in [0.15, 0.2) is 63.9 Å². The summed E-state index contributed by atoms with van der Waals surface area (Å²) < 4.78 is 16.7. The van der Waals surface area contributed by atoms with E-state index < -0.39 is 17.1 Å². The Morgan fingerprint density at radius 3 is 2.74 bits per heavy atom. The van der Waals surface area contributed by atoms with Crippen LogP contribution in [0.3, 0.4) is 0 Å². The maximum atomic E-state index is 12.8. The number of furan rings is 1. The highest BCUT2D eigenvalue weighted by molar-refractivity contribution is 14.1. The molecule has 1 aromatic heterocycles. The minimum Gasteiger partial charge on any atom is -0.488 e. The van der Waals surface area contributed by atoms with Crippen molar-refractivity contribution in [3.63, 3.8) is 0 Å². The minimum absolute atomic E-state index is 0.00184. The molecule has 10 heteroatoms. The molecule has 2 aromatic carbocycles. The number of hydrogen-bond acceptors (Lipinski definition) is 8. The van der Waals surface area contributed by atoms with Crippen LogP contribution >= 0.6 is 34.4 Å². The number of amides is 2. The molecule has 1 saturated heterocycles. The van der Waals surface area contributed by atoms with Gasteiger partial charge >= 0.3 is 5.97 Å². The zero-order chi connectivity index (χ0) is 24.9. The summed E-state index contributed by atoms with van der Waals surface area (Å²) in [6.45, 7) is 0.163. The molecule has 3 aromatic rings. The molecule has 1 fully saturated rings. The fraction of sp³-hybridized carbons (Fsp3) is 0.120. The first-order valence-corrected chi connectivity index (χ1v) is 12.1. The Labute approximate surface area is 218 Å². The highest BCUT2D eigenvalue weighted by atomic mass is 127. The summed E-state index contributed by atoms with van der Waals surface area (Å²) >= 11 is 2.97.